The van der Waals surface area contributed by atoms with Gasteiger partial charge < -0.3 is 15.0 Å². The lowest BCUT2D eigenvalue weighted by atomic mass is 10.1. The van der Waals surface area contributed by atoms with E-state index >= 15 is 0 Å². The van der Waals surface area contributed by atoms with Crippen LogP contribution in [0, 0.1) is 30.3 Å². The maximum atomic E-state index is 14.1. The summed E-state index contributed by atoms with van der Waals surface area (Å²) in [6, 6.07) is 4.78. The largest absolute Gasteiger partial charge is 0.493 e. The zero-order valence-corrected chi connectivity index (χ0v) is 18.2. The molecule has 2 atom stereocenters. The van der Waals surface area contributed by atoms with Gasteiger partial charge in [-0.25, -0.2) is 27.7 Å². The number of aromatic amines is 1. The van der Waals surface area contributed by atoms with Crippen LogP contribution in [0.2, 0.25) is 5.02 Å². The molecule has 0 spiro atoms. The van der Waals surface area contributed by atoms with E-state index in [0.717, 1.165) is 0 Å². The standard InChI is InChI=1S/C19H20ClF2N5O2S/c1-9-16(22)14(29-3)8-15(24-9)26-17(11-5-6-13(21)12(20)7-11)18-25-10(2)19(27-18)30(4,23)28/h5-8,17,23H,1-4H3,(H,24,26)(H,25,27). The lowest BCUT2D eigenvalue weighted by Crippen LogP contribution is -2.16. The van der Waals surface area contributed by atoms with Gasteiger partial charge in [-0.15, -0.1) is 0 Å². The first-order valence-corrected chi connectivity index (χ1v) is 11.1. The minimum Gasteiger partial charge on any atom is -0.493 e. The molecule has 0 radical (unpaired) electrons. The van der Waals surface area contributed by atoms with Crippen LogP contribution in [0.15, 0.2) is 29.3 Å². The fraction of sp³-hybridized carbons (Fsp3) is 0.263. The molecule has 2 aromatic heterocycles. The molecule has 2 unspecified atom stereocenters. The van der Waals surface area contributed by atoms with E-state index in [4.69, 9.17) is 21.1 Å². The predicted octanol–water partition coefficient (Wildman–Crippen LogP) is 4.60. The number of imidazole rings is 1. The van der Waals surface area contributed by atoms with Crippen molar-refractivity contribution in [3.05, 3.63) is 63.7 Å². The van der Waals surface area contributed by atoms with Gasteiger partial charge in [0.05, 0.1) is 27.6 Å². The second-order valence-corrected chi connectivity index (χ2v) is 9.24. The molecule has 0 aliphatic rings. The van der Waals surface area contributed by atoms with Gasteiger partial charge in [-0.05, 0) is 31.5 Å². The number of methoxy groups -OCH3 is 1. The average molecular weight is 456 g/mol. The number of nitrogens with zero attached hydrogens (tertiary/aromatic N) is 2. The number of aromatic nitrogens is 3. The maximum absolute atomic E-state index is 14.1. The van der Waals surface area contributed by atoms with Gasteiger partial charge in [0.15, 0.2) is 16.6 Å². The molecule has 2 heterocycles. The highest BCUT2D eigenvalue weighted by atomic mass is 35.5. The Kier molecular flexibility index (Phi) is 6.00. The monoisotopic (exact) mass is 455 g/mol. The molecule has 3 N–H and O–H groups in total. The van der Waals surface area contributed by atoms with Crippen molar-refractivity contribution in [1.82, 2.24) is 15.0 Å². The summed E-state index contributed by atoms with van der Waals surface area (Å²) >= 11 is 5.96. The van der Waals surface area contributed by atoms with Gasteiger partial charge >= 0.3 is 0 Å². The Hall–Kier alpha value is -2.72. The van der Waals surface area contributed by atoms with E-state index in [1.165, 1.54) is 44.6 Å². The van der Waals surface area contributed by atoms with E-state index in [0.29, 0.717) is 17.1 Å². The van der Waals surface area contributed by atoms with Gasteiger partial charge in [-0.3, -0.25) is 0 Å². The van der Waals surface area contributed by atoms with Crippen LogP contribution in [0.3, 0.4) is 0 Å². The SMILES string of the molecule is COc1cc(NC(c2ccc(F)c(Cl)c2)c2nc(S(C)(=N)=O)c(C)[nH]2)nc(C)c1F. The number of pyridine rings is 1. The molecule has 0 saturated heterocycles. The Bertz CT molecular complexity index is 1210. The molecule has 1 aromatic carbocycles. The predicted molar refractivity (Wildman–Crippen MR) is 111 cm³/mol. The van der Waals surface area contributed by atoms with E-state index in [1.54, 1.807) is 6.92 Å². The quantitative estimate of drug-likeness (QED) is 0.504. The molecular formula is C19H20ClF2N5O2S. The molecule has 0 fully saturated rings. The van der Waals surface area contributed by atoms with Crippen LogP contribution in [-0.2, 0) is 9.73 Å². The zero-order chi connectivity index (χ0) is 22.2. The lowest BCUT2D eigenvalue weighted by molar-refractivity contribution is 0.383. The van der Waals surface area contributed by atoms with Crippen molar-refractivity contribution in [2.24, 2.45) is 0 Å². The number of hydrogen-bond donors (Lipinski definition) is 3. The minimum atomic E-state index is -3.08. The van der Waals surface area contributed by atoms with Crippen molar-refractivity contribution in [3.63, 3.8) is 0 Å². The zero-order valence-electron chi connectivity index (χ0n) is 16.6. The van der Waals surface area contributed by atoms with E-state index in [1.807, 2.05) is 0 Å². The van der Waals surface area contributed by atoms with Crippen LogP contribution >= 0.6 is 11.6 Å². The fourth-order valence-corrected chi connectivity index (χ4v) is 4.08. The second kappa shape index (κ2) is 8.19. The Morgan fingerprint density at radius 2 is 1.97 bits per heavy atom. The Morgan fingerprint density at radius 1 is 1.27 bits per heavy atom. The van der Waals surface area contributed by atoms with Gasteiger partial charge in [0, 0.05) is 18.0 Å². The Balaban J connectivity index is 2.14. The lowest BCUT2D eigenvalue weighted by Gasteiger charge is -2.19. The van der Waals surface area contributed by atoms with E-state index < -0.39 is 27.4 Å². The highest BCUT2D eigenvalue weighted by molar-refractivity contribution is 7.91. The molecule has 0 saturated carbocycles. The van der Waals surface area contributed by atoms with Crippen LogP contribution in [0.1, 0.15) is 28.8 Å². The molecular weight excluding hydrogens is 436 g/mol. The summed E-state index contributed by atoms with van der Waals surface area (Å²) < 4.78 is 52.9. The second-order valence-electron chi connectivity index (χ2n) is 6.76. The highest BCUT2D eigenvalue weighted by Gasteiger charge is 2.24. The van der Waals surface area contributed by atoms with Crippen molar-refractivity contribution in [3.8, 4) is 5.75 Å². The molecule has 30 heavy (non-hydrogen) atoms. The first-order valence-electron chi connectivity index (χ1n) is 8.74. The highest BCUT2D eigenvalue weighted by Crippen LogP contribution is 2.31. The van der Waals surface area contributed by atoms with Crippen LogP contribution in [0.5, 0.6) is 5.75 Å². The van der Waals surface area contributed by atoms with Crippen LogP contribution in [-0.4, -0.2) is 32.5 Å². The summed E-state index contributed by atoms with van der Waals surface area (Å²) in [6.07, 6.45) is 1.27. The van der Waals surface area contributed by atoms with Gasteiger partial charge in [0.25, 0.3) is 0 Å². The van der Waals surface area contributed by atoms with E-state index in [2.05, 4.69) is 20.3 Å². The van der Waals surface area contributed by atoms with Crippen molar-refractivity contribution >= 4 is 27.1 Å². The minimum absolute atomic E-state index is 0.0000565. The smallest absolute Gasteiger partial charge is 0.186 e. The fourth-order valence-electron chi connectivity index (χ4n) is 2.98. The molecule has 0 amide bonds. The molecule has 3 rings (SSSR count). The van der Waals surface area contributed by atoms with Crippen LogP contribution < -0.4 is 10.1 Å². The molecule has 0 aliphatic heterocycles. The number of ether oxygens (including phenoxy) is 1. The summed E-state index contributed by atoms with van der Waals surface area (Å²) in [5.41, 5.74) is 1.11. The van der Waals surface area contributed by atoms with E-state index in [-0.39, 0.29) is 27.3 Å². The average Bonchev–Trinajstić information content (AvgIpc) is 3.06. The van der Waals surface area contributed by atoms with Crippen molar-refractivity contribution in [2.75, 3.05) is 18.7 Å². The maximum Gasteiger partial charge on any atom is 0.186 e. The third-order valence-corrected chi connectivity index (χ3v) is 5.80. The topological polar surface area (TPSA) is 104 Å². The summed E-state index contributed by atoms with van der Waals surface area (Å²) in [4.78, 5) is 11.5. The van der Waals surface area contributed by atoms with Crippen molar-refractivity contribution in [1.29, 1.82) is 4.78 Å². The molecule has 0 aliphatic carbocycles. The summed E-state index contributed by atoms with van der Waals surface area (Å²) in [7, 11) is -1.74. The number of benzene rings is 1. The van der Waals surface area contributed by atoms with Crippen molar-refractivity contribution in [2.45, 2.75) is 24.9 Å². The van der Waals surface area contributed by atoms with Crippen molar-refractivity contribution < 1.29 is 17.7 Å². The Morgan fingerprint density at radius 3 is 2.53 bits per heavy atom. The molecule has 0 bridgehead atoms. The van der Waals surface area contributed by atoms with Gasteiger partial charge in [-0.1, -0.05) is 17.7 Å². The third kappa shape index (κ3) is 4.39. The third-order valence-electron chi connectivity index (χ3n) is 4.38. The summed E-state index contributed by atoms with van der Waals surface area (Å²) in [6.45, 7) is 3.15. The number of rotatable bonds is 6. The normalized spacial score (nSPS) is 14.2. The molecule has 3 aromatic rings. The van der Waals surface area contributed by atoms with Gasteiger partial charge in [-0.2, -0.15) is 0 Å². The number of hydrogen-bond acceptors (Lipinski definition) is 6. The number of anilines is 1. The van der Waals surface area contributed by atoms with E-state index in [9.17, 15) is 13.0 Å². The molecule has 160 valence electrons. The Labute approximate surface area is 177 Å². The molecule has 7 nitrogen and oxygen atoms in total. The summed E-state index contributed by atoms with van der Waals surface area (Å²) in [5.74, 6) is -0.583. The number of halogens is 3. The number of aryl methyl sites for hydroxylation is 2. The summed E-state index contributed by atoms with van der Waals surface area (Å²) in [5, 5.41) is 3.12. The first kappa shape index (κ1) is 22.0. The van der Waals surface area contributed by atoms with Crippen LogP contribution in [0.25, 0.3) is 0 Å². The number of H-pyrrole nitrogens is 1. The van der Waals surface area contributed by atoms with Crippen LogP contribution in [0.4, 0.5) is 14.6 Å². The molecule has 11 heteroatoms. The van der Waals surface area contributed by atoms with Gasteiger partial charge in [0.2, 0.25) is 0 Å². The number of nitrogens with one attached hydrogen (secondary N) is 3. The van der Waals surface area contributed by atoms with Gasteiger partial charge in [0.1, 0.15) is 23.5 Å². The first-order chi connectivity index (χ1) is 14.0.